The molecule has 2 saturated heterocycles. The highest BCUT2D eigenvalue weighted by molar-refractivity contribution is 6.99. The smallest absolute Gasteiger partial charge is 0.261 e. The molecule has 0 unspecified atom stereocenters. The van der Waals surface area contributed by atoms with Crippen LogP contribution < -0.4 is 10.4 Å². The molecule has 2 heterocycles. The first-order chi connectivity index (χ1) is 15.5. The van der Waals surface area contributed by atoms with Gasteiger partial charge in [-0.1, -0.05) is 87.5 Å². The van der Waals surface area contributed by atoms with Gasteiger partial charge in [0.05, 0.1) is 6.61 Å². The summed E-state index contributed by atoms with van der Waals surface area (Å²) in [7, 11) is -2.74. The molecule has 0 bridgehead atoms. The Morgan fingerprint density at radius 2 is 1.52 bits per heavy atom. The summed E-state index contributed by atoms with van der Waals surface area (Å²) in [6.45, 7) is 14.5. The number of fused-ring (bicyclic) bond motifs is 1. The zero-order chi connectivity index (χ0) is 23.9. The lowest BCUT2D eigenvalue weighted by molar-refractivity contribution is -0.274. The molecule has 1 N–H and O–H groups in total. The average Bonchev–Trinajstić information content (AvgIpc) is 3.21. The van der Waals surface area contributed by atoms with E-state index < -0.39 is 38.2 Å². The van der Waals surface area contributed by atoms with Crippen LogP contribution in [-0.4, -0.2) is 49.9 Å². The van der Waals surface area contributed by atoms with Gasteiger partial charge in [0.1, 0.15) is 18.3 Å². The molecule has 2 fully saturated rings. The average molecular weight is 469 g/mol. The molecule has 2 aliphatic rings. The molecular formula is C27H36O5Si. The van der Waals surface area contributed by atoms with E-state index >= 15 is 0 Å². The van der Waals surface area contributed by atoms with Crippen molar-refractivity contribution in [2.24, 2.45) is 0 Å². The van der Waals surface area contributed by atoms with Gasteiger partial charge in [-0.3, -0.25) is 0 Å². The molecule has 0 amide bonds. The minimum absolute atomic E-state index is 0.155. The van der Waals surface area contributed by atoms with Crippen LogP contribution in [0.4, 0.5) is 0 Å². The van der Waals surface area contributed by atoms with Crippen LogP contribution in [0.5, 0.6) is 0 Å². The van der Waals surface area contributed by atoms with E-state index in [1.54, 1.807) is 6.08 Å². The van der Waals surface area contributed by atoms with Gasteiger partial charge in [0.2, 0.25) is 0 Å². The first kappa shape index (κ1) is 24.3. The van der Waals surface area contributed by atoms with Crippen LogP contribution in [-0.2, 0) is 18.6 Å². The van der Waals surface area contributed by atoms with Crippen LogP contribution in [0.3, 0.4) is 0 Å². The molecule has 0 aromatic heterocycles. The minimum atomic E-state index is -2.74. The number of ether oxygens (including phenoxy) is 3. The highest BCUT2D eigenvalue weighted by atomic mass is 28.4. The summed E-state index contributed by atoms with van der Waals surface area (Å²) in [5.41, 5.74) is 0. The van der Waals surface area contributed by atoms with Gasteiger partial charge in [0.25, 0.3) is 8.32 Å². The van der Waals surface area contributed by atoms with Crippen LogP contribution in [0.2, 0.25) is 5.04 Å². The first-order valence-electron chi connectivity index (χ1n) is 11.6. The third-order valence-corrected chi connectivity index (χ3v) is 11.6. The van der Waals surface area contributed by atoms with Crippen LogP contribution in [0.1, 0.15) is 41.0 Å². The van der Waals surface area contributed by atoms with Crippen molar-refractivity contribution in [2.75, 3.05) is 6.61 Å². The number of hydrogen-bond donors (Lipinski definition) is 1. The highest BCUT2D eigenvalue weighted by Gasteiger charge is 2.62. The second-order valence-electron chi connectivity index (χ2n) is 10.5. The summed E-state index contributed by atoms with van der Waals surface area (Å²) in [5, 5.41) is 13.5. The normalized spacial score (nSPS) is 29.1. The Bertz CT molecular complexity index is 916. The summed E-state index contributed by atoms with van der Waals surface area (Å²) in [5.74, 6) is -2.29. The maximum absolute atomic E-state index is 11.2. The second-order valence-corrected chi connectivity index (χ2v) is 14.8. The summed E-state index contributed by atoms with van der Waals surface area (Å²) in [4.78, 5) is 0. The van der Waals surface area contributed by atoms with E-state index in [9.17, 15) is 5.11 Å². The maximum Gasteiger partial charge on any atom is 0.261 e. The fourth-order valence-corrected chi connectivity index (χ4v) is 9.84. The lowest BCUT2D eigenvalue weighted by Gasteiger charge is -2.43. The van der Waals surface area contributed by atoms with Crippen molar-refractivity contribution in [1.82, 2.24) is 0 Å². The Labute approximate surface area is 198 Å². The molecule has 5 nitrogen and oxygen atoms in total. The zero-order valence-electron chi connectivity index (χ0n) is 20.3. The topological polar surface area (TPSA) is 57.2 Å². The standard InChI is InChI=1S/C27H36O5Si/c1-7-18-27(28)24-23(31-26(5,6)32-24)22(30-27)19-29-33(25(2,3)4,20-14-10-8-11-15-20)21-16-12-9-13-17-21/h7-17,22-24,28H,1,18-19H2,2-6H3/t22-,23-,24-,27-/m1/s1. The van der Waals surface area contributed by atoms with E-state index in [0.717, 1.165) is 0 Å². The number of rotatable bonds is 7. The fraction of sp³-hybridized carbons (Fsp3) is 0.481. The molecule has 178 valence electrons. The summed E-state index contributed by atoms with van der Waals surface area (Å²) < 4.78 is 25.4. The monoisotopic (exact) mass is 468 g/mol. The molecule has 0 aliphatic carbocycles. The van der Waals surface area contributed by atoms with Gasteiger partial charge in [-0.25, -0.2) is 0 Å². The van der Waals surface area contributed by atoms with Gasteiger partial charge < -0.3 is 23.7 Å². The highest BCUT2D eigenvalue weighted by Crippen LogP contribution is 2.45. The van der Waals surface area contributed by atoms with Crippen molar-refractivity contribution in [3.8, 4) is 0 Å². The Balaban J connectivity index is 1.72. The van der Waals surface area contributed by atoms with E-state index in [1.807, 2.05) is 26.0 Å². The van der Waals surface area contributed by atoms with Crippen molar-refractivity contribution < 1.29 is 23.7 Å². The zero-order valence-corrected chi connectivity index (χ0v) is 21.3. The van der Waals surface area contributed by atoms with Crippen LogP contribution in [0, 0.1) is 0 Å². The van der Waals surface area contributed by atoms with Crippen LogP contribution in [0.25, 0.3) is 0 Å². The van der Waals surface area contributed by atoms with Crippen molar-refractivity contribution in [3.63, 3.8) is 0 Å². The lowest BCUT2D eigenvalue weighted by atomic mass is 10.0. The fourth-order valence-electron chi connectivity index (χ4n) is 5.27. The molecular weight excluding hydrogens is 432 g/mol. The van der Waals surface area contributed by atoms with Crippen LogP contribution in [0.15, 0.2) is 73.3 Å². The maximum atomic E-state index is 11.2. The lowest BCUT2D eigenvalue weighted by Crippen LogP contribution is -2.67. The molecule has 6 heteroatoms. The SMILES string of the molecule is C=CC[C@@]1(O)O[C@H](CO[Si](c2ccccc2)(c2ccccc2)C(C)(C)C)[C@H]2OC(C)(C)O[C@H]21. The summed E-state index contributed by atoms with van der Waals surface area (Å²) in [6, 6.07) is 21.0. The molecule has 2 aromatic carbocycles. The molecule has 2 aliphatic heterocycles. The van der Waals surface area contributed by atoms with Crippen molar-refractivity contribution in [3.05, 3.63) is 73.3 Å². The van der Waals surface area contributed by atoms with Gasteiger partial charge in [-0.2, -0.15) is 0 Å². The predicted octanol–water partition coefficient (Wildman–Crippen LogP) is 3.75. The first-order valence-corrected chi connectivity index (χ1v) is 13.5. The van der Waals surface area contributed by atoms with Crippen molar-refractivity contribution in [1.29, 1.82) is 0 Å². The Hall–Kier alpha value is -1.80. The van der Waals surface area contributed by atoms with Gasteiger partial charge in [-0.05, 0) is 29.3 Å². The van der Waals surface area contributed by atoms with Crippen molar-refractivity contribution >= 4 is 18.7 Å². The van der Waals surface area contributed by atoms with Gasteiger partial charge in [-0.15, -0.1) is 6.58 Å². The molecule has 33 heavy (non-hydrogen) atoms. The van der Waals surface area contributed by atoms with Gasteiger partial charge in [0, 0.05) is 6.42 Å². The summed E-state index contributed by atoms with van der Waals surface area (Å²) >= 11 is 0. The van der Waals surface area contributed by atoms with E-state index in [-0.39, 0.29) is 18.1 Å². The minimum Gasteiger partial charge on any atom is -0.405 e. The van der Waals surface area contributed by atoms with E-state index in [2.05, 4.69) is 75.9 Å². The number of hydrogen-bond acceptors (Lipinski definition) is 5. The molecule has 4 atom stereocenters. The largest absolute Gasteiger partial charge is 0.405 e. The van der Waals surface area contributed by atoms with E-state index in [0.29, 0.717) is 0 Å². The van der Waals surface area contributed by atoms with E-state index in [1.165, 1.54) is 10.4 Å². The quantitative estimate of drug-likeness (QED) is 0.496. The summed E-state index contributed by atoms with van der Waals surface area (Å²) in [6.07, 6.45) is 0.408. The third kappa shape index (κ3) is 4.36. The predicted molar refractivity (Wildman–Crippen MR) is 132 cm³/mol. The van der Waals surface area contributed by atoms with Gasteiger partial charge in [0.15, 0.2) is 11.6 Å². The molecule has 4 rings (SSSR count). The molecule has 0 spiro atoms. The Morgan fingerprint density at radius 1 is 0.970 bits per heavy atom. The van der Waals surface area contributed by atoms with Crippen LogP contribution >= 0.6 is 0 Å². The third-order valence-electron chi connectivity index (χ3n) is 6.61. The van der Waals surface area contributed by atoms with Crippen molar-refractivity contribution in [2.45, 2.75) is 76.0 Å². The van der Waals surface area contributed by atoms with E-state index in [4.69, 9.17) is 18.6 Å². The second kappa shape index (κ2) is 8.76. The molecule has 2 aromatic rings. The molecule has 0 saturated carbocycles. The molecule has 0 radical (unpaired) electrons. The Morgan fingerprint density at radius 3 is 2.00 bits per heavy atom. The number of benzene rings is 2. The van der Waals surface area contributed by atoms with Gasteiger partial charge >= 0.3 is 0 Å². The number of aliphatic hydroxyl groups is 1. The Kier molecular flexibility index (Phi) is 6.46.